The van der Waals surface area contributed by atoms with Gasteiger partial charge in [-0.15, -0.1) is 0 Å². The second-order valence-electron chi connectivity index (χ2n) is 5.25. The lowest BCUT2D eigenvalue weighted by Crippen LogP contribution is -2.32. The molecule has 2 aromatic rings. The monoisotopic (exact) mass is 345 g/mol. The minimum Gasteiger partial charge on any atom is -0.497 e. The number of methoxy groups -OCH3 is 3. The summed E-state index contributed by atoms with van der Waals surface area (Å²) in [5.74, 6) is 2.15. The van der Waals surface area contributed by atoms with Crippen molar-refractivity contribution in [3.05, 3.63) is 42.5 Å². The van der Waals surface area contributed by atoms with Crippen LogP contribution in [0, 0.1) is 0 Å². The first-order valence-electron chi connectivity index (χ1n) is 7.94. The summed E-state index contributed by atoms with van der Waals surface area (Å²) in [6, 6.07) is 12.3. The molecule has 0 aromatic heterocycles. The van der Waals surface area contributed by atoms with E-state index in [0.717, 1.165) is 0 Å². The highest BCUT2D eigenvalue weighted by atomic mass is 16.5. The number of hydrogen-bond donors (Lipinski definition) is 1. The van der Waals surface area contributed by atoms with Crippen molar-refractivity contribution in [3.63, 3.8) is 0 Å². The van der Waals surface area contributed by atoms with Crippen molar-refractivity contribution in [2.75, 3.05) is 26.6 Å². The molecule has 0 radical (unpaired) electrons. The summed E-state index contributed by atoms with van der Waals surface area (Å²) in [5, 5.41) is 2.84. The minimum atomic E-state index is -0.625. The van der Waals surface area contributed by atoms with E-state index in [4.69, 9.17) is 18.9 Å². The Bertz CT molecular complexity index is 717. The molecule has 0 heterocycles. The van der Waals surface area contributed by atoms with E-state index < -0.39 is 6.10 Å². The summed E-state index contributed by atoms with van der Waals surface area (Å²) in [5.41, 5.74) is 0.607. The fourth-order valence-corrected chi connectivity index (χ4v) is 2.30. The van der Waals surface area contributed by atoms with Crippen molar-refractivity contribution >= 4 is 11.6 Å². The summed E-state index contributed by atoms with van der Waals surface area (Å²) in [7, 11) is 4.69. The maximum Gasteiger partial charge on any atom is 0.265 e. The van der Waals surface area contributed by atoms with Crippen LogP contribution in [-0.2, 0) is 4.79 Å². The van der Waals surface area contributed by atoms with Crippen LogP contribution in [-0.4, -0.2) is 33.3 Å². The molecule has 0 saturated heterocycles. The molecular weight excluding hydrogens is 322 g/mol. The van der Waals surface area contributed by atoms with Gasteiger partial charge in [-0.2, -0.15) is 0 Å². The molecule has 0 aliphatic rings. The van der Waals surface area contributed by atoms with Crippen molar-refractivity contribution < 1.29 is 23.7 Å². The van der Waals surface area contributed by atoms with Gasteiger partial charge in [0.1, 0.15) is 11.5 Å². The van der Waals surface area contributed by atoms with Gasteiger partial charge in [-0.3, -0.25) is 4.79 Å². The number of benzene rings is 2. The Kier molecular flexibility index (Phi) is 6.51. The first-order valence-corrected chi connectivity index (χ1v) is 7.94. The molecule has 0 spiro atoms. The largest absolute Gasteiger partial charge is 0.497 e. The van der Waals surface area contributed by atoms with Crippen LogP contribution >= 0.6 is 0 Å². The number of amides is 1. The smallest absolute Gasteiger partial charge is 0.265 e. The maximum atomic E-state index is 12.5. The Morgan fingerprint density at radius 3 is 2.32 bits per heavy atom. The van der Waals surface area contributed by atoms with Crippen LogP contribution in [0.5, 0.6) is 23.0 Å². The highest BCUT2D eigenvalue weighted by molar-refractivity contribution is 5.94. The Balaban J connectivity index is 2.09. The van der Waals surface area contributed by atoms with E-state index in [2.05, 4.69) is 5.32 Å². The molecule has 6 heteroatoms. The molecule has 1 N–H and O–H groups in total. The normalized spacial score (nSPS) is 11.4. The minimum absolute atomic E-state index is 0.238. The van der Waals surface area contributed by atoms with Crippen LogP contribution in [0.3, 0.4) is 0 Å². The van der Waals surface area contributed by atoms with E-state index in [1.807, 2.05) is 19.1 Å². The van der Waals surface area contributed by atoms with E-state index in [9.17, 15) is 4.79 Å². The number of ether oxygens (including phenoxy) is 4. The highest BCUT2D eigenvalue weighted by Gasteiger charge is 2.19. The van der Waals surface area contributed by atoms with Crippen LogP contribution < -0.4 is 24.3 Å². The van der Waals surface area contributed by atoms with Crippen LogP contribution in [0.4, 0.5) is 5.69 Å². The molecule has 6 nitrogen and oxygen atoms in total. The third kappa shape index (κ3) is 4.79. The Morgan fingerprint density at radius 1 is 0.960 bits per heavy atom. The van der Waals surface area contributed by atoms with Crippen LogP contribution in [0.15, 0.2) is 42.5 Å². The number of nitrogens with one attached hydrogen (secondary N) is 1. The van der Waals surface area contributed by atoms with Gasteiger partial charge in [0.05, 0.1) is 21.3 Å². The number of hydrogen-bond acceptors (Lipinski definition) is 5. The van der Waals surface area contributed by atoms with Gasteiger partial charge >= 0.3 is 0 Å². The van der Waals surface area contributed by atoms with Crippen LogP contribution in [0.2, 0.25) is 0 Å². The van der Waals surface area contributed by atoms with Crippen molar-refractivity contribution in [2.45, 2.75) is 19.4 Å². The van der Waals surface area contributed by atoms with Crippen molar-refractivity contribution in [2.24, 2.45) is 0 Å². The van der Waals surface area contributed by atoms with E-state index >= 15 is 0 Å². The lowest BCUT2D eigenvalue weighted by molar-refractivity contribution is -0.122. The molecule has 0 aliphatic carbocycles. The van der Waals surface area contributed by atoms with Crippen molar-refractivity contribution in [3.8, 4) is 23.0 Å². The molecule has 1 amide bonds. The predicted octanol–water partition coefficient (Wildman–Crippen LogP) is 3.51. The van der Waals surface area contributed by atoms with E-state index in [-0.39, 0.29) is 5.91 Å². The fraction of sp³-hybridized carbons (Fsp3) is 0.316. The van der Waals surface area contributed by atoms with Gasteiger partial charge in [0.25, 0.3) is 5.91 Å². The fourth-order valence-electron chi connectivity index (χ4n) is 2.30. The van der Waals surface area contributed by atoms with Gasteiger partial charge in [0.15, 0.2) is 17.6 Å². The number of carbonyl (C=O) groups is 1. The van der Waals surface area contributed by atoms with E-state index in [1.165, 1.54) is 0 Å². The molecular formula is C19H23NO5. The van der Waals surface area contributed by atoms with Gasteiger partial charge in [0.2, 0.25) is 0 Å². The predicted molar refractivity (Wildman–Crippen MR) is 95.9 cm³/mol. The van der Waals surface area contributed by atoms with Gasteiger partial charge in [-0.1, -0.05) is 13.0 Å². The third-order valence-electron chi connectivity index (χ3n) is 3.63. The van der Waals surface area contributed by atoms with Crippen molar-refractivity contribution in [1.82, 2.24) is 0 Å². The first-order chi connectivity index (χ1) is 12.1. The summed E-state index contributed by atoms with van der Waals surface area (Å²) in [6.07, 6.45) is -0.101. The van der Waals surface area contributed by atoms with Crippen LogP contribution in [0.25, 0.3) is 0 Å². The first kappa shape index (κ1) is 18.4. The topological polar surface area (TPSA) is 66.0 Å². The lowest BCUT2D eigenvalue weighted by Gasteiger charge is -2.18. The van der Waals surface area contributed by atoms with Gasteiger partial charge in [-0.05, 0) is 30.7 Å². The second kappa shape index (κ2) is 8.82. The highest BCUT2D eigenvalue weighted by Crippen LogP contribution is 2.30. The molecule has 0 bridgehead atoms. The lowest BCUT2D eigenvalue weighted by atomic mass is 10.2. The zero-order valence-electron chi connectivity index (χ0n) is 14.9. The zero-order chi connectivity index (χ0) is 18.2. The second-order valence-corrected chi connectivity index (χ2v) is 5.25. The zero-order valence-corrected chi connectivity index (χ0v) is 14.9. The average molecular weight is 345 g/mol. The van der Waals surface area contributed by atoms with Gasteiger partial charge < -0.3 is 24.3 Å². The molecule has 1 atom stereocenters. The number of carbonyl (C=O) groups excluding carboxylic acids is 1. The summed E-state index contributed by atoms with van der Waals surface area (Å²) in [4.78, 5) is 12.5. The summed E-state index contributed by atoms with van der Waals surface area (Å²) >= 11 is 0. The summed E-state index contributed by atoms with van der Waals surface area (Å²) < 4.78 is 21.4. The van der Waals surface area contributed by atoms with Crippen LogP contribution in [0.1, 0.15) is 13.3 Å². The Hall–Kier alpha value is -2.89. The Morgan fingerprint density at radius 2 is 1.68 bits per heavy atom. The average Bonchev–Trinajstić information content (AvgIpc) is 2.65. The molecule has 25 heavy (non-hydrogen) atoms. The number of rotatable bonds is 8. The molecule has 0 saturated carbocycles. The molecule has 1 unspecified atom stereocenters. The molecule has 2 rings (SSSR count). The van der Waals surface area contributed by atoms with E-state index in [0.29, 0.717) is 35.1 Å². The molecule has 134 valence electrons. The quantitative estimate of drug-likeness (QED) is 0.793. The van der Waals surface area contributed by atoms with Crippen molar-refractivity contribution in [1.29, 1.82) is 0 Å². The molecule has 2 aromatic carbocycles. The standard InChI is InChI=1S/C19H23NO5/c1-5-16(25-15-8-6-7-14(12-15)22-2)19(21)20-13-9-10-17(23-3)18(11-13)24-4/h6-12,16H,5H2,1-4H3,(H,20,21). The summed E-state index contributed by atoms with van der Waals surface area (Å²) in [6.45, 7) is 1.89. The number of anilines is 1. The molecule has 0 aliphatic heterocycles. The maximum absolute atomic E-state index is 12.5. The Labute approximate surface area is 147 Å². The SMILES string of the molecule is CCC(Oc1cccc(OC)c1)C(=O)Nc1ccc(OC)c(OC)c1. The van der Waals surface area contributed by atoms with Gasteiger partial charge in [0, 0.05) is 17.8 Å². The third-order valence-corrected chi connectivity index (χ3v) is 3.63. The molecule has 0 fully saturated rings. The van der Waals surface area contributed by atoms with Gasteiger partial charge in [-0.25, -0.2) is 0 Å². The van der Waals surface area contributed by atoms with E-state index in [1.54, 1.807) is 51.7 Å².